The fourth-order valence-corrected chi connectivity index (χ4v) is 2.40. The van der Waals surface area contributed by atoms with Crippen LogP contribution < -0.4 is 10.6 Å². The van der Waals surface area contributed by atoms with Gasteiger partial charge in [0, 0.05) is 15.7 Å². The van der Waals surface area contributed by atoms with E-state index >= 15 is 0 Å². The summed E-state index contributed by atoms with van der Waals surface area (Å²) >= 11 is 11.7. The van der Waals surface area contributed by atoms with E-state index in [9.17, 15) is 4.79 Å². The van der Waals surface area contributed by atoms with Gasteiger partial charge in [-0.05, 0) is 61.3 Å². The molecule has 5 heteroatoms. The Hall–Kier alpha value is -1.55. The van der Waals surface area contributed by atoms with E-state index in [1.165, 1.54) is 5.56 Å². The molecule has 0 bridgehead atoms. The number of anilines is 1. The van der Waals surface area contributed by atoms with E-state index in [1.54, 1.807) is 6.07 Å². The number of halogens is 2. The maximum atomic E-state index is 11.9. The molecule has 0 fully saturated rings. The summed E-state index contributed by atoms with van der Waals surface area (Å²) in [7, 11) is 0. The second kappa shape index (κ2) is 8.18. The fraction of sp³-hybridized carbons (Fsp3) is 0.235. The van der Waals surface area contributed by atoms with Crippen molar-refractivity contribution in [1.29, 1.82) is 0 Å². The summed E-state index contributed by atoms with van der Waals surface area (Å²) in [4.78, 5) is 11.9. The molecule has 2 rings (SSSR count). The first kappa shape index (κ1) is 16.8. The topological polar surface area (TPSA) is 41.1 Å². The molecule has 0 atom stereocenters. The van der Waals surface area contributed by atoms with Gasteiger partial charge in [0.2, 0.25) is 5.91 Å². The third-order valence-corrected chi connectivity index (χ3v) is 3.74. The van der Waals surface area contributed by atoms with Gasteiger partial charge in [0.15, 0.2) is 0 Å². The molecule has 0 saturated carbocycles. The van der Waals surface area contributed by atoms with Crippen molar-refractivity contribution in [2.24, 2.45) is 0 Å². The number of carbonyl (C=O) groups is 1. The van der Waals surface area contributed by atoms with Crippen LogP contribution in [-0.2, 0) is 11.2 Å². The van der Waals surface area contributed by atoms with Crippen LogP contribution in [0.5, 0.6) is 0 Å². The summed E-state index contributed by atoms with van der Waals surface area (Å²) in [6, 6.07) is 13.1. The zero-order valence-electron chi connectivity index (χ0n) is 12.3. The van der Waals surface area contributed by atoms with Crippen LogP contribution in [0.1, 0.15) is 11.1 Å². The Morgan fingerprint density at radius 2 is 1.73 bits per heavy atom. The molecule has 116 valence electrons. The van der Waals surface area contributed by atoms with Gasteiger partial charge >= 0.3 is 0 Å². The van der Waals surface area contributed by atoms with Gasteiger partial charge < -0.3 is 10.6 Å². The van der Waals surface area contributed by atoms with Crippen molar-refractivity contribution in [2.75, 3.05) is 18.4 Å². The van der Waals surface area contributed by atoms with Crippen LogP contribution in [0.4, 0.5) is 5.69 Å². The lowest BCUT2D eigenvalue weighted by molar-refractivity contribution is -0.115. The molecule has 2 N–H and O–H groups in total. The summed E-state index contributed by atoms with van der Waals surface area (Å²) in [5, 5.41) is 7.39. The molecule has 0 heterocycles. The molecule has 22 heavy (non-hydrogen) atoms. The summed E-state index contributed by atoms with van der Waals surface area (Å²) in [5.74, 6) is -0.0680. The molecule has 0 spiro atoms. The van der Waals surface area contributed by atoms with Gasteiger partial charge in [-0.3, -0.25) is 4.79 Å². The van der Waals surface area contributed by atoms with Crippen LogP contribution in [0.3, 0.4) is 0 Å². The molecule has 0 aromatic heterocycles. The van der Waals surface area contributed by atoms with Crippen molar-refractivity contribution in [3.63, 3.8) is 0 Å². The average molecular weight is 337 g/mol. The Morgan fingerprint density at radius 1 is 1.05 bits per heavy atom. The largest absolute Gasteiger partial charge is 0.325 e. The van der Waals surface area contributed by atoms with Crippen molar-refractivity contribution in [3.05, 3.63) is 63.6 Å². The number of rotatable bonds is 6. The van der Waals surface area contributed by atoms with E-state index in [0.717, 1.165) is 29.2 Å². The summed E-state index contributed by atoms with van der Waals surface area (Å²) < 4.78 is 0. The molecule has 2 aromatic rings. The van der Waals surface area contributed by atoms with Gasteiger partial charge in [-0.15, -0.1) is 0 Å². The third-order valence-electron chi connectivity index (χ3n) is 3.25. The first-order chi connectivity index (χ1) is 10.5. The van der Waals surface area contributed by atoms with Gasteiger partial charge in [-0.25, -0.2) is 0 Å². The van der Waals surface area contributed by atoms with Crippen LogP contribution in [0.2, 0.25) is 10.0 Å². The highest BCUT2D eigenvalue weighted by molar-refractivity contribution is 6.31. The smallest absolute Gasteiger partial charge is 0.238 e. The predicted octanol–water partition coefficient (Wildman–Crippen LogP) is 4.07. The first-order valence-electron chi connectivity index (χ1n) is 7.06. The maximum Gasteiger partial charge on any atom is 0.238 e. The molecule has 0 saturated heterocycles. The van der Waals surface area contributed by atoms with E-state index in [4.69, 9.17) is 23.2 Å². The summed E-state index contributed by atoms with van der Waals surface area (Å²) in [6.07, 6.45) is 0.852. The van der Waals surface area contributed by atoms with E-state index < -0.39 is 0 Å². The lowest BCUT2D eigenvalue weighted by atomic mass is 10.1. The quantitative estimate of drug-likeness (QED) is 0.780. The number of hydrogen-bond acceptors (Lipinski definition) is 2. The Kier molecular flexibility index (Phi) is 6.25. The molecular weight excluding hydrogens is 319 g/mol. The van der Waals surface area contributed by atoms with Gasteiger partial charge in [0.25, 0.3) is 0 Å². The summed E-state index contributed by atoms with van der Waals surface area (Å²) in [5.41, 5.74) is 2.92. The van der Waals surface area contributed by atoms with Crippen LogP contribution in [0.15, 0.2) is 42.5 Å². The first-order valence-corrected chi connectivity index (χ1v) is 7.81. The van der Waals surface area contributed by atoms with Gasteiger partial charge in [0.1, 0.15) is 0 Å². The molecule has 0 aliphatic carbocycles. The SMILES string of the molecule is Cc1cc(Cl)ccc1NC(=O)CNCCc1ccc(Cl)cc1. The van der Waals surface area contributed by atoms with Crippen molar-refractivity contribution >= 4 is 34.8 Å². The minimum atomic E-state index is -0.0680. The van der Waals surface area contributed by atoms with E-state index in [2.05, 4.69) is 10.6 Å². The predicted molar refractivity (Wildman–Crippen MR) is 92.8 cm³/mol. The van der Waals surface area contributed by atoms with E-state index in [0.29, 0.717) is 5.02 Å². The Labute approximate surface area is 140 Å². The van der Waals surface area contributed by atoms with Crippen LogP contribution in [0, 0.1) is 6.92 Å². The highest BCUT2D eigenvalue weighted by atomic mass is 35.5. The van der Waals surface area contributed by atoms with Crippen molar-refractivity contribution in [2.45, 2.75) is 13.3 Å². The Balaban J connectivity index is 1.72. The lowest BCUT2D eigenvalue weighted by Crippen LogP contribution is -2.29. The molecule has 1 amide bonds. The number of carbonyl (C=O) groups excluding carboxylic acids is 1. The normalized spacial score (nSPS) is 10.5. The van der Waals surface area contributed by atoms with Crippen molar-refractivity contribution in [1.82, 2.24) is 5.32 Å². The number of hydrogen-bond donors (Lipinski definition) is 2. The molecule has 2 aromatic carbocycles. The number of nitrogens with one attached hydrogen (secondary N) is 2. The Bertz CT molecular complexity index is 642. The fourth-order valence-electron chi connectivity index (χ4n) is 2.05. The average Bonchev–Trinajstić information content (AvgIpc) is 2.48. The number of aryl methyl sites for hydroxylation is 1. The maximum absolute atomic E-state index is 11.9. The molecular formula is C17H18Cl2N2O. The van der Waals surface area contributed by atoms with Crippen molar-refractivity contribution < 1.29 is 4.79 Å². The Morgan fingerprint density at radius 3 is 2.41 bits per heavy atom. The van der Waals surface area contributed by atoms with Gasteiger partial charge in [-0.1, -0.05) is 35.3 Å². The van der Waals surface area contributed by atoms with E-state index in [1.807, 2.05) is 43.3 Å². The molecule has 3 nitrogen and oxygen atoms in total. The highest BCUT2D eigenvalue weighted by Crippen LogP contribution is 2.19. The monoisotopic (exact) mass is 336 g/mol. The zero-order valence-corrected chi connectivity index (χ0v) is 13.8. The van der Waals surface area contributed by atoms with E-state index in [-0.39, 0.29) is 12.5 Å². The third kappa shape index (κ3) is 5.34. The second-order valence-electron chi connectivity index (χ2n) is 5.06. The number of benzene rings is 2. The molecule has 0 radical (unpaired) electrons. The number of amides is 1. The molecule has 0 unspecified atom stereocenters. The van der Waals surface area contributed by atoms with Crippen molar-refractivity contribution in [3.8, 4) is 0 Å². The standard InChI is InChI=1S/C17H18Cl2N2O/c1-12-10-15(19)6-7-16(12)21-17(22)11-20-9-8-13-2-4-14(18)5-3-13/h2-7,10,20H,8-9,11H2,1H3,(H,21,22). The van der Waals surface area contributed by atoms with Crippen LogP contribution >= 0.6 is 23.2 Å². The van der Waals surface area contributed by atoms with Crippen LogP contribution in [0.25, 0.3) is 0 Å². The summed E-state index contributed by atoms with van der Waals surface area (Å²) in [6.45, 7) is 2.92. The lowest BCUT2D eigenvalue weighted by Gasteiger charge is -2.09. The van der Waals surface area contributed by atoms with Gasteiger partial charge in [-0.2, -0.15) is 0 Å². The minimum absolute atomic E-state index is 0.0680. The molecule has 0 aliphatic heterocycles. The zero-order chi connectivity index (χ0) is 15.9. The highest BCUT2D eigenvalue weighted by Gasteiger charge is 2.04. The minimum Gasteiger partial charge on any atom is -0.325 e. The van der Waals surface area contributed by atoms with Gasteiger partial charge in [0.05, 0.1) is 6.54 Å². The second-order valence-corrected chi connectivity index (χ2v) is 5.93. The van der Waals surface area contributed by atoms with Crippen LogP contribution in [-0.4, -0.2) is 19.0 Å². The molecule has 0 aliphatic rings.